The van der Waals surface area contributed by atoms with Crippen LogP contribution in [0.2, 0.25) is 0 Å². The minimum absolute atomic E-state index is 0.0826. The van der Waals surface area contributed by atoms with Gasteiger partial charge in [-0.15, -0.1) is 0 Å². The lowest BCUT2D eigenvalue weighted by Crippen LogP contribution is -2.06. The smallest absolute Gasteiger partial charge is 0.132 e. The van der Waals surface area contributed by atoms with Crippen molar-refractivity contribution in [2.75, 3.05) is 13.2 Å². The molecule has 2 aromatic carbocycles. The zero-order chi connectivity index (χ0) is 15.1. The van der Waals surface area contributed by atoms with Gasteiger partial charge in [0, 0.05) is 0 Å². The number of rotatable bonds is 7. The van der Waals surface area contributed by atoms with E-state index in [1.54, 1.807) is 24.3 Å². The van der Waals surface area contributed by atoms with Gasteiger partial charge >= 0.3 is 0 Å². The summed E-state index contributed by atoms with van der Waals surface area (Å²) in [6.07, 6.45) is 0.783. The van der Waals surface area contributed by atoms with Crippen LogP contribution < -0.4 is 15.2 Å². The van der Waals surface area contributed by atoms with Crippen LogP contribution in [-0.2, 0) is 6.61 Å². The maximum Gasteiger partial charge on any atom is 0.132 e. The van der Waals surface area contributed by atoms with E-state index in [4.69, 9.17) is 15.2 Å². The van der Waals surface area contributed by atoms with Crippen molar-refractivity contribution < 1.29 is 18.3 Å². The third-order valence-corrected chi connectivity index (χ3v) is 2.89. The Morgan fingerprint density at radius 3 is 2.00 bits per heavy atom. The summed E-state index contributed by atoms with van der Waals surface area (Å²) in [6.45, 7) is 0.971. The zero-order valence-electron chi connectivity index (χ0n) is 11.5. The standard InChI is InChI=1S/C16H17F2NO2/c17-15-3-1-4-16(18)14(15)11-21-13-7-5-12(6-8-13)20-10-2-9-19/h1,3-8H,2,9-11,19H2. The van der Waals surface area contributed by atoms with Crippen molar-refractivity contribution in [3.63, 3.8) is 0 Å². The second-order valence-electron chi connectivity index (χ2n) is 4.45. The lowest BCUT2D eigenvalue weighted by atomic mass is 10.2. The molecule has 112 valence electrons. The van der Waals surface area contributed by atoms with Gasteiger partial charge in [0.2, 0.25) is 0 Å². The molecular formula is C16H17F2NO2. The summed E-state index contributed by atoms with van der Waals surface area (Å²) >= 11 is 0. The highest BCUT2D eigenvalue weighted by Gasteiger charge is 2.08. The molecule has 2 rings (SSSR count). The van der Waals surface area contributed by atoms with E-state index in [1.165, 1.54) is 18.2 Å². The Hall–Kier alpha value is -2.14. The molecule has 0 saturated heterocycles. The first-order valence-electron chi connectivity index (χ1n) is 6.69. The highest BCUT2D eigenvalue weighted by atomic mass is 19.1. The second-order valence-corrected chi connectivity index (χ2v) is 4.45. The van der Waals surface area contributed by atoms with Crippen LogP contribution in [-0.4, -0.2) is 13.2 Å². The Bertz CT molecular complexity index is 553. The van der Waals surface area contributed by atoms with Crippen LogP contribution in [0.15, 0.2) is 42.5 Å². The van der Waals surface area contributed by atoms with Crippen molar-refractivity contribution in [1.82, 2.24) is 0 Å². The summed E-state index contributed by atoms with van der Waals surface area (Å²) in [4.78, 5) is 0. The molecule has 0 heterocycles. The van der Waals surface area contributed by atoms with Gasteiger partial charge in [0.05, 0.1) is 12.2 Å². The maximum absolute atomic E-state index is 13.4. The summed E-state index contributed by atoms with van der Waals surface area (Å²) in [6, 6.07) is 10.6. The molecule has 21 heavy (non-hydrogen) atoms. The van der Waals surface area contributed by atoms with Crippen LogP contribution in [0.4, 0.5) is 8.78 Å². The van der Waals surface area contributed by atoms with Crippen LogP contribution in [0.1, 0.15) is 12.0 Å². The van der Waals surface area contributed by atoms with Crippen molar-refractivity contribution >= 4 is 0 Å². The fourth-order valence-corrected chi connectivity index (χ4v) is 1.73. The van der Waals surface area contributed by atoms with Gasteiger partial charge in [-0.25, -0.2) is 8.78 Å². The van der Waals surface area contributed by atoms with E-state index < -0.39 is 11.6 Å². The van der Waals surface area contributed by atoms with Gasteiger partial charge in [-0.2, -0.15) is 0 Å². The van der Waals surface area contributed by atoms with Crippen molar-refractivity contribution in [2.24, 2.45) is 5.73 Å². The number of hydrogen-bond donors (Lipinski definition) is 1. The van der Waals surface area contributed by atoms with E-state index >= 15 is 0 Å². The van der Waals surface area contributed by atoms with E-state index in [9.17, 15) is 8.78 Å². The molecule has 0 radical (unpaired) electrons. The first kappa shape index (κ1) is 15.3. The maximum atomic E-state index is 13.4. The lowest BCUT2D eigenvalue weighted by Gasteiger charge is -2.09. The highest BCUT2D eigenvalue weighted by Crippen LogP contribution is 2.20. The van der Waals surface area contributed by atoms with Gasteiger partial charge in [0.1, 0.15) is 29.7 Å². The molecule has 2 N–H and O–H groups in total. The average molecular weight is 293 g/mol. The molecule has 2 aromatic rings. The van der Waals surface area contributed by atoms with Gasteiger partial charge in [-0.1, -0.05) is 6.07 Å². The Labute approximate surface area is 122 Å². The largest absolute Gasteiger partial charge is 0.494 e. The van der Waals surface area contributed by atoms with E-state index in [0.29, 0.717) is 24.7 Å². The second kappa shape index (κ2) is 7.59. The predicted molar refractivity (Wildman–Crippen MR) is 76.3 cm³/mol. The van der Waals surface area contributed by atoms with Gasteiger partial charge < -0.3 is 15.2 Å². The Morgan fingerprint density at radius 1 is 0.857 bits per heavy atom. The minimum Gasteiger partial charge on any atom is -0.494 e. The molecule has 0 spiro atoms. The van der Waals surface area contributed by atoms with Gasteiger partial charge in [-0.05, 0) is 49.4 Å². The Kier molecular flexibility index (Phi) is 5.51. The summed E-state index contributed by atoms with van der Waals surface area (Å²) in [5, 5.41) is 0. The monoisotopic (exact) mass is 293 g/mol. The van der Waals surface area contributed by atoms with Gasteiger partial charge in [0.25, 0.3) is 0 Å². The minimum atomic E-state index is -0.614. The number of ether oxygens (including phenoxy) is 2. The molecule has 0 aromatic heterocycles. The number of halogens is 2. The third-order valence-electron chi connectivity index (χ3n) is 2.89. The first-order valence-corrected chi connectivity index (χ1v) is 6.69. The van der Waals surface area contributed by atoms with Crippen LogP contribution in [0.5, 0.6) is 11.5 Å². The predicted octanol–water partition coefficient (Wildman–Crippen LogP) is 3.27. The molecule has 0 aliphatic carbocycles. The van der Waals surface area contributed by atoms with E-state index in [0.717, 1.165) is 6.42 Å². The molecule has 0 aliphatic rings. The number of benzene rings is 2. The van der Waals surface area contributed by atoms with Crippen LogP contribution in [0.25, 0.3) is 0 Å². The third kappa shape index (κ3) is 4.43. The lowest BCUT2D eigenvalue weighted by molar-refractivity contribution is 0.289. The van der Waals surface area contributed by atoms with Crippen LogP contribution in [0, 0.1) is 11.6 Å². The Morgan fingerprint density at radius 2 is 1.43 bits per heavy atom. The zero-order valence-corrected chi connectivity index (χ0v) is 11.5. The molecule has 0 atom stereocenters. The van der Waals surface area contributed by atoms with Crippen LogP contribution in [0.3, 0.4) is 0 Å². The van der Waals surface area contributed by atoms with E-state index in [1.807, 2.05) is 0 Å². The normalized spacial score (nSPS) is 10.4. The summed E-state index contributed by atoms with van der Waals surface area (Å²) < 4.78 is 37.7. The van der Waals surface area contributed by atoms with Crippen molar-refractivity contribution in [3.05, 3.63) is 59.7 Å². The van der Waals surface area contributed by atoms with Crippen molar-refractivity contribution in [1.29, 1.82) is 0 Å². The summed E-state index contributed by atoms with van der Waals surface area (Å²) in [5.41, 5.74) is 5.29. The quantitative estimate of drug-likeness (QED) is 0.797. The first-order chi connectivity index (χ1) is 10.2. The average Bonchev–Trinajstić information content (AvgIpc) is 2.48. The molecule has 0 amide bonds. The van der Waals surface area contributed by atoms with Crippen molar-refractivity contribution in [3.8, 4) is 11.5 Å². The van der Waals surface area contributed by atoms with E-state index in [-0.39, 0.29) is 12.2 Å². The Balaban J connectivity index is 1.92. The summed E-state index contributed by atoms with van der Waals surface area (Å²) in [5.74, 6) is -0.00910. The molecule has 0 unspecified atom stereocenters. The number of nitrogens with two attached hydrogens (primary N) is 1. The van der Waals surface area contributed by atoms with Crippen LogP contribution >= 0.6 is 0 Å². The topological polar surface area (TPSA) is 44.5 Å². The molecule has 5 heteroatoms. The number of hydrogen-bond acceptors (Lipinski definition) is 3. The SMILES string of the molecule is NCCCOc1ccc(OCc2c(F)cccc2F)cc1. The molecule has 3 nitrogen and oxygen atoms in total. The van der Waals surface area contributed by atoms with Gasteiger partial charge in [-0.3, -0.25) is 0 Å². The van der Waals surface area contributed by atoms with E-state index in [2.05, 4.69) is 0 Å². The summed E-state index contributed by atoms with van der Waals surface area (Å²) in [7, 11) is 0. The molecule has 0 saturated carbocycles. The van der Waals surface area contributed by atoms with Crippen molar-refractivity contribution in [2.45, 2.75) is 13.0 Å². The highest BCUT2D eigenvalue weighted by molar-refractivity contribution is 5.31. The molecule has 0 fully saturated rings. The molecule has 0 aliphatic heterocycles. The van der Waals surface area contributed by atoms with Gasteiger partial charge in [0.15, 0.2) is 0 Å². The fraction of sp³-hybridized carbons (Fsp3) is 0.250. The molecular weight excluding hydrogens is 276 g/mol. The fourth-order valence-electron chi connectivity index (χ4n) is 1.73. The molecule has 0 bridgehead atoms.